The third-order valence-corrected chi connectivity index (χ3v) is 9.59. The van der Waals surface area contributed by atoms with Crippen molar-refractivity contribution in [1.82, 2.24) is 0 Å². The van der Waals surface area contributed by atoms with E-state index in [2.05, 4.69) is 19.9 Å². The van der Waals surface area contributed by atoms with Crippen LogP contribution in [0.2, 0.25) is 0 Å². The molecule has 0 aliphatic carbocycles. The Kier molecular flexibility index (Phi) is 22.4. The van der Waals surface area contributed by atoms with Crippen molar-refractivity contribution >= 4 is 17.7 Å². The van der Waals surface area contributed by atoms with Gasteiger partial charge >= 0.3 is 11.9 Å². The third kappa shape index (κ3) is 19.8. The van der Waals surface area contributed by atoms with Gasteiger partial charge in [-0.25, -0.2) is 4.79 Å². The maximum Gasteiger partial charge on any atom is 0.331 e. The Morgan fingerprint density at radius 2 is 1.61 bits per heavy atom. The van der Waals surface area contributed by atoms with Gasteiger partial charge in [-0.1, -0.05) is 97.2 Å². The number of Topliss-reactive ketones (excluding diaryl/α,β-unsaturated/α-hetero) is 1. The molecule has 0 radical (unpaired) electrons. The second kappa shape index (κ2) is 24.9. The lowest BCUT2D eigenvalue weighted by Gasteiger charge is -2.27. The van der Waals surface area contributed by atoms with Crippen molar-refractivity contribution in [1.29, 1.82) is 0 Å². The number of esters is 2. The molecule has 10 nitrogen and oxygen atoms in total. The number of carbonyl (C=O) groups excluding carboxylic acids is 3. The fourth-order valence-corrected chi connectivity index (χ4v) is 6.45. The van der Waals surface area contributed by atoms with Crippen LogP contribution >= 0.6 is 0 Å². The smallest absolute Gasteiger partial charge is 0.331 e. The maximum absolute atomic E-state index is 12.9. The highest BCUT2D eigenvalue weighted by Gasteiger charge is 2.27. The number of aliphatic hydroxyl groups is 5. The molecule has 304 valence electrons. The number of aliphatic hydroxyl groups excluding tert-OH is 5. The molecule has 0 fully saturated rings. The molecule has 0 saturated heterocycles. The summed E-state index contributed by atoms with van der Waals surface area (Å²) in [6.07, 6.45) is 12.9. The molecule has 1 unspecified atom stereocenters. The van der Waals surface area contributed by atoms with Gasteiger partial charge < -0.3 is 35.0 Å². The SMILES string of the molecule is CC(=O)[C@@H](O)[C@H](O)[C@@H](O)/C=C(C)/C=C/C=C(C)/C=C(C)/C=C/C(=O)OC1CCCC(=O)O[C@@H]([C@@H](C)C/C(C)=C/[C@@H](C)[C@H](O)C[C@@H](C)O)C/C=C(\C)C[C@@H]1C. The van der Waals surface area contributed by atoms with E-state index in [9.17, 15) is 39.9 Å². The zero-order valence-electron chi connectivity index (χ0n) is 34.2. The summed E-state index contributed by atoms with van der Waals surface area (Å²) in [5, 5.41) is 49.6. The largest absolute Gasteiger partial charge is 0.462 e. The summed E-state index contributed by atoms with van der Waals surface area (Å²) in [5.41, 5.74) is 4.58. The summed E-state index contributed by atoms with van der Waals surface area (Å²) >= 11 is 0. The number of hydrogen-bond acceptors (Lipinski definition) is 10. The molecule has 1 rings (SSSR count). The van der Waals surface area contributed by atoms with Crippen LogP contribution in [0.5, 0.6) is 0 Å². The van der Waals surface area contributed by atoms with Gasteiger partial charge in [-0.15, -0.1) is 0 Å². The van der Waals surface area contributed by atoms with Gasteiger partial charge in [0.15, 0.2) is 5.78 Å². The molecule has 0 saturated carbocycles. The summed E-state index contributed by atoms with van der Waals surface area (Å²) in [6.45, 7) is 18.4. The second-order valence-corrected chi connectivity index (χ2v) is 15.5. The Labute approximate surface area is 323 Å². The molecule has 10 atom stereocenters. The van der Waals surface area contributed by atoms with Crippen LogP contribution in [0.4, 0.5) is 0 Å². The van der Waals surface area contributed by atoms with Crippen molar-refractivity contribution in [2.75, 3.05) is 0 Å². The van der Waals surface area contributed by atoms with E-state index in [1.54, 1.807) is 32.1 Å². The van der Waals surface area contributed by atoms with Gasteiger partial charge in [-0.3, -0.25) is 9.59 Å². The first-order valence-electron chi connectivity index (χ1n) is 19.2. The average Bonchev–Trinajstić information content (AvgIpc) is 3.06. The molecule has 1 aliphatic rings. The number of cyclic esters (lactones) is 1. The maximum atomic E-state index is 12.9. The molecule has 0 aromatic heterocycles. The van der Waals surface area contributed by atoms with Gasteiger partial charge in [0.05, 0.1) is 12.2 Å². The lowest BCUT2D eigenvalue weighted by Crippen LogP contribution is -2.40. The fourth-order valence-electron chi connectivity index (χ4n) is 6.45. The van der Waals surface area contributed by atoms with Crippen molar-refractivity contribution in [2.24, 2.45) is 17.8 Å². The summed E-state index contributed by atoms with van der Waals surface area (Å²) in [6, 6.07) is 0. The van der Waals surface area contributed by atoms with Crippen LogP contribution in [0, 0.1) is 17.8 Å². The second-order valence-electron chi connectivity index (χ2n) is 15.5. The quantitative estimate of drug-likeness (QED) is 0.0465. The molecule has 1 aliphatic heterocycles. The van der Waals surface area contributed by atoms with Crippen LogP contribution in [-0.2, 0) is 23.9 Å². The zero-order chi connectivity index (χ0) is 41.1. The Balaban J connectivity index is 2.88. The van der Waals surface area contributed by atoms with Crippen molar-refractivity contribution in [3.8, 4) is 0 Å². The normalized spacial score (nSPS) is 25.4. The first-order valence-corrected chi connectivity index (χ1v) is 19.2. The summed E-state index contributed by atoms with van der Waals surface area (Å²) < 4.78 is 11.9. The molecular weight excluding hydrogens is 688 g/mol. The van der Waals surface area contributed by atoms with E-state index in [-0.39, 0.29) is 42.4 Å². The highest BCUT2D eigenvalue weighted by atomic mass is 16.5. The van der Waals surface area contributed by atoms with E-state index in [4.69, 9.17) is 9.47 Å². The molecule has 0 spiro atoms. The Hall–Kier alpha value is -3.41. The van der Waals surface area contributed by atoms with E-state index in [1.807, 2.05) is 52.8 Å². The number of allylic oxidation sites excluding steroid dienone is 10. The predicted octanol–water partition coefficient (Wildman–Crippen LogP) is 6.72. The third-order valence-electron chi connectivity index (χ3n) is 9.59. The van der Waals surface area contributed by atoms with Crippen LogP contribution in [0.25, 0.3) is 0 Å². The molecule has 0 aromatic rings. The minimum Gasteiger partial charge on any atom is -0.462 e. The number of carbonyl (C=O) groups is 3. The molecule has 0 bridgehead atoms. The van der Waals surface area contributed by atoms with Gasteiger partial charge in [0.2, 0.25) is 0 Å². The Morgan fingerprint density at radius 3 is 2.24 bits per heavy atom. The Bertz CT molecular complexity index is 1430. The van der Waals surface area contributed by atoms with Crippen molar-refractivity contribution in [2.45, 2.75) is 157 Å². The average molecular weight is 757 g/mol. The molecule has 1 heterocycles. The highest BCUT2D eigenvalue weighted by molar-refractivity contribution is 5.82. The van der Waals surface area contributed by atoms with Crippen LogP contribution < -0.4 is 0 Å². The van der Waals surface area contributed by atoms with E-state index in [0.717, 1.165) is 35.6 Å². The summed E-state index contributed by atoms with van der Waals surface area (Å²) in [5.74, 6) is -1.36. The first kappa shape index (κ1) is 48.6. The predicted molar refractivity (Wildman–Crippen MR) is 213 cm³/mol. The van der Waals surface area contributed by atoms with Crippen molar-refractivity contribution < 1.29 is 49.4 Å². The minimum absolute atomic E-state index is 0.0411. The molecule has 54 heavy (non-hydrogen) atoms. The topological polar surface area (TPSA) is 171 Å². The van der Waals surface area contributed by atoms with E-state index < -0.39 is 42.3 Å². The molecule has 0 amide bonds. The Morgan fingerprint density at radius 1 is 0.944 bits per heavy atom. The molecule has 0 aromatic carbocycles. The number of ketones is 1. The fraction of sp³-hybridized carbons (Fsp3) is 0.614. The van der Waals surface area contributed by atoms with E-state index >= 15 is 0 Å². The van der Waals surface area contributed by atoms with Gasteiger partial charge in [-0.05, 0) is 92.4 Å². The van der Waals surface area contributed by atoms with Crippen LogP contribution in [0.1, 0.15) is 114 Å². The zero-order valence-corrected chi connectivity index (χ0v) is 34.2. The number of hydrogen-bond donors (Lipinski definition) is 5. The molecule has 10 heteroatoms. The van der Waals surface area contributed by atoms with Gasteiger partial charge in [-0.2, -0.15) is 0 Å². The standard InChI is InChI=1S/C44H68O10/c1-27(13-11-14-28(2)25-38(48)44(52)43(51)36(10)46)21-29(3)18-20-42(50)53-39-15-12-16-41(49)54-40(19-17-30(4)22-33(39)7)34(8)24-31(5)23-32(6)37(47)26-35(9)45/h11,13-14,17-18,20-21,23,25,32-35,37-40,43-45,47-48,51-52H,12,15-16,19,22,24,26H2,1-10H3/b14-11+,20-18+,27-13+,28-25+,29-21+,30-17+,31-23+/t32-,33+,34+,35-,37-,38+,39?,40-,43-,44-/m1/s1. The van der Waals surface area contributed by atoms with Gasteiger partial charge in [0, 0.05) is 24.8 Å². The van der Waals surface area contributed by atoms with E-state index in [1.165, 1.54) is 12.2 Å². The summed E-state index contributed by atoms with van der Waals surface area (Å²) in [7, 11) is 0. The summed E-state index contributed by atoms with van der Waals surface area (Å²) in [4.78, 5) is 37.1. The van der Waals surface area contributed by atoms with Crippen LogP contribution in [-0.4, -0.2) is 86.0 Å². The van der Waals surface area contributed by atoms with Crippen LogP contribution in [0.15, 0.2) is 82.5 Å². The lowest BCUT2D eigenvalue weighted by atomic mass is 9.89. The van der Waals surface area contributed by atoms with Gasteiger partial charge in [0.25, 0.3) is 0 Å². The number of rotatable bonds is 17. The van der Waals surface area contributed by atoms with Crippen LogP contribution in [0.3, 0.4) is 0 Å². The number of ether oxygens (including phenoxy) is 2. The minimum atomic E-state index is -1.66. The van der Waals surface area contributed by atoms with Crippen molar-refractivity contribution in [3.63, 3.8) is 0 Å². The molecular formula is C44H68O10. The van der Waals surface area contributed by atoms with Crippen molar-refractivity contribution in [3.05, 3.63) is 82.5 Å². The molecule has 5 N–H and O–H groups in total. The van der Waals surface area contributed by atoms with E-state index in [0.29, 0.717) is 37.7 Å². The first-order chi connectivity index (χ1) is 25.2. The lowest BCUT2D eigenvalue weighted by molar-refractivity contribution is -0.152. The monoisotopic (exact) mass is 756 g/mol. The highest BCUT2D eigenvalue weighted by Crippen LogP contribution is 2.27. The van der Waals surface area contributed by atoms with Gasteiger partial charge in [0.1, 0.15) is 30.5 Å².